The zero-order chi connectivity index (χ0) is 26.7. The second-order valence-electron chi connectivity index (χ2n) is 11.4. The van der Waals surface area contributed by atoms with Crippen molar-refractivity contribution in [3.63, 3.8) is 0 Å². The summed E-state index contributed by atoms with van der Waals surface area (Å²) >= 11 is 0. The van der Waals surface area contributed by atoms with Gasteiger partial charge in [-0.15, -0.1) is 0 Å². The van der Waals surface area contributed by atoms with E-state index in [1.54, 1.807) is 16.9 Å². The van der Waals surface area contributed by atoms with Crippen LogP contribution in [0, 0.1) is 5.92 Å². The van der Waals surface area contributed by atoms with Gasteiger partial charge in [-0.25, -0.2) is 23.1 Å². The third-order valence-electron chi connectivity index (χ3n) is 8.88. The molecule has 1 amide bonds. The molecule has 2 N–H and O–H groups in total. The first kappa shape index (κ1) is 22.8. The van der Waals surface area contributed by atoms with Gasteiger partial charge in [0.05, 0.1) is 23.2 Å². The molecule has 4 heterocycles. The number of hydrogen-bond acceptors (Lipinski definition) is 5. The largest absolute Gasteiger partial charge is 0.325 e. The Labute approximate surface area is 219 Å². The molecule has 9 nitrogen and oxygen atoms in total. The number of alkyl halides is 2. The first-order chi connectivity index (χ1) is 18.7. The number of aromatic amines is 2. The van der Waals surface area contributed by atoms with Crippen LogP contribution >= 0.6 is 0 Å². The number of carbonyl (C=O) groups is 1. The maximum atomic E-state index is 14.8. The Hall–Kier alpha value is -4.15. The minimum atomic E-state index is -2.88. The van der Waals surface area contributed by atoms with E-state index in [1.807, 2.05) is 24.3 Å². The molecule has 11 heteroatoms. The molecular formula is C28H24F2N6O3. The van der Waals surface area contributed by atoms with Crippen LogP contribution in [0.5, 0.6) is 0 Å². The van der Waals surface area contributed by atoms with Gasteiger partial charge in [0.25, 0.3) is 11.5 Å². The number of carbonyl (C=O) groups excluding carboxylic acids is 1. The average molecular weight is 531 g/mol. The molecule has 0 bridgehead atoms. The zero-order valence-corrected chi connectivity index (χ0v) is 20.8. The summed E-state index contributed by atoms with van der Waals surface area (Å²) in [6.07, 6.45) is 7.93. The number of H-pyrrole nitrogens is 2. The molecular weight excluding hydrogens is 506 g/mol. The van der Waals surface area contributed by atoms with Crippen molar-refractivity contribution in [2.24, 2.45) is 5.92 Å². The lowest BCUT2D eigenvalue weighted by Crippen LogP contribution is -2.42. The van der Waals surface area contributed by atoms with E-state index in [1.165, 1.54) is 11.1 Å². The Morgan fingerprint density at radius 3 is 2.67 bits per heavy atom. The van der Waals surface area contributed by atoms with Gasteiger partial charge >= 0.3 is 5.69 Å². The molecule has 0 radical (unpaired) electrons. The van der Waals surface area contributed by atoms with E-state index in [-0.39, 0.29) is 23.3 Å². The fourth-order valence-electron chi connectivity index (χ4n) is 6.35. The van der Waals surface area contributed by atoms with Crippen LogP contribution in [0.4, 0.5) is 14.5 Å². The molecule has 0 unspecified atom stereocenters. The molecule has 2 atom stereocenters. The number of hydrogen-bond donors (Lipinski definition) is 2. The minimum Gasteiger partial charge on any atom is -0.313 e. The lowest BCUT2D eigenvalue weighted by Gasteiger charge is -2.25. The number of aromatic nitrogens is 5. The Morgan fingerprint density at radius 1 is 1.10 bits per heavy atom. The van der Waals surface area contributed by atoms with Crippen LogP contribution in [0.2, 0.25) is 0 Å². The monoisotopic (exact) mass is 530 g/mol. The van der Waals surface area contributed by atoms with Gasteiger partial charge in [0, 0.05) is 35.8 Å². The quantitative estimate of drug-likeness (QED) is 0.396. The highest BCUT2D eigenvalue weighted by atomic mass is 19.3. The molecule has 8 rings (SSSR count). The number of nitrogens with one attached hydrogen (secondary N) is 2. The number of halogens is 2. The van der Waals surface area contributed by atoms with E-state index in [4.69, 9.17) is 0 Å². The molecule has 3 aliphatic carbocycles. The highest BCUT2D eigenvalue weighted by molar-refractivity contribution is 6.10. The third kappa shape index (κ3) is 3.38. The van der Waals surface area contributed by atoms with Crippen molar-refractivity contribution in [1.82, 2.24) is 24.6 Å². The molecule has 1 spiro atoms. The Balaban J connectivity index is 1.15. The fourth-order valence-corrected chi connectivity index (χ4v) is 6.35. The molecule has 1 aromatic carbocycles. The second-order valence-corrected chi connectivity index (χ2v) is 11.4. The van der Waals surface area contributed by atoms with Gasteiger partial charge in [0.15, 0.2) is 5.65 Å². The summed E-state index contributed by atoms with van der Waals surface area (Å²) in [7, 11) is 0. The van der Waals surface area contributed by atoms with Crippen molar-refractivity contribution in [2.45, 2.75) is 55.3 Å². The molecule has 4 aliphatic rings. The maximum absolute atomic E-state index is 14.8. The van der Waals surface area contributed by atoms with Gasteiger partial charge in [-0.3, -0.25) is 14.6 Å². The smallest absolute Gasteiger partial charge is 0.313 e. The number of fused-ring (bicyclic) bond motifs is 3. The lowest BCUT2D eigenvalue weighted by molar-refractivity contribution is -0.121. The van der Waals surface area contributed by atoms with Crippen LogP contribution in [0.15, 0.2) is 52.4 Å². The topological polar surface area (TPSA) is 116 Å². The molecule has 198 valence electrons. The van der Waals surface area contributed by atoms with Crippen molar-refractivity contribution >= 4 is 17.2 Å². The standard InChI is InChI=1S/C28H24F2N6O3/c29-28(30,15-2-3-15)13-35-22-9-14(1-4-20(22)27(5-6-27)25(35)38)16-10-17(16)18-11-21(34-36-8-7-31-23(18)36)19-12-32-26(39)33-24(19)37/h1,4,7-9,11-12,15-17H,2-3,5-6,10,13H2,(H2,32,33,37,39)/t16-,17+/m1/s1. The predicted octanol–water partition coefficient (Wildman–Crippen LogP) is 3.47. The predicted molar refractivity (Wildman–Crippen MR) is 137 cm³/mol. The van der Waals surface area contributed by atoms with Crippen molar-refractivity contribution in [2.75, 3.05) is 11.4 Å². The number of anilines is 1. The van der Waals surface area contributed by atoms with E-state index < -0.39 is 35.0 Å². The summed E-state index contributed by atoms with van der Waals surface area (Å²) in [6, 6.07) is 7.75. The molecule has 4 aromatic rings. The van der Waals surface area contributed by atoms with Gasteiger partial charge in [-0.05, 0) is 67.2 Å². The number of imidazole rings is 1. The minimum absolute atomic E-state index is 0.0740. The molecule has 3 fully saturated rings. The summed E-state index contributed by atoms with van der Waals surface area (Å²) < 4.78 is 31.3. The first-order valence-electron chi connectivity index (χ1n) is 13.3. The van der Waals surface area contributed by atoms with Crippen LogP contribution in [0.3, 0.4) is 0 Å². The summed E-state index contributed by atoms with van der Waals surface area (Å²) in [4.78, 5) is 47.8. The van der Waals surface area contributed by atoms with Crippen LogP contribution in [-0.4, -0.2) is 42.9 Å². The SMILES string of the molecule is O=C1N(CC(F)(F)C2CC2)c2cc([C@H]3C[C@@H]3c3cc(-c4c[nH]c(=O)[nH]c4=O)nn4ccnc34)ccc2C12CC2. The fraction of sp³-hybridized carbons (Fsp3) is 0.393. The summed E-state index contributed by atoms with van der Waals surface area (Å²) in [5.74, 6) is -3.52. The Bertz CT molecular complexity index is 1820. The van der Waals surface area contributed by atoms with Crippen molar-refractivity contribution < 1.29 is 13.6 Å². The van der Waals surface area contributed by atoms with Crippen LogP contribution in [-0.2, 0) is 10.2 Å². The van der Waals surface area contributed by atoms with Crippen molar-refractivity contribution in [1.29, 1.82) is 0 Å². The molecule has 0 saturated heterocycles. The van der Waals surface area contributed by atoms with Gasteiger partial charge in [-0.1, -0.05) is 12.1 Å². The number of amides is 1. The molecule has 3 aromatic heterocycles. The van der Waals surface area contributed by atoms with E-state index in [2.05, 4.69) is 20.1 Å². The van der Waals surface area contributed by atoms with E-state index in [9.17, 15) is 23.2 Å². The van der Waals surface area contributed by atoms with E-state index >= 15 is 0 Å². The highest BCUT2D eigenvalue weighted by Crippen LogP contribution is 2.61. The Kier molecular flexibility index (Phi) is 4.38. The van der Waals surface area contributed by atoms with Gasteiger partial charge in [0.2, 0.25) is 5.91 Å². The molecule has 3 saturated carbocycles. The normalized spacial score (nSPS) is 23.0. The molecule has 39 heavy (non-hydrogen) atoms. The number of nitrogens with zero attached hydrogens (tertiary/aromatic N) is 4. The van der Waals surface area contributed by atoms with Crippen LogP contribution in [0.1, 0.15) is 60.6 Å². The van der Waals surface area contributed by atoms with Gasteiger partial charge in [0.1, 0.15) is 0 Å². The second kappa shape index (κ2) is 7.49. The average Bonchev–Trinajstić information content (AvgIpc) is 3.79. The van der Waals surface area contributed by atoms with Crippen LogP contribution < -0.4 is 16.1 Å². The summed E-state index contributed by atoms with van der Waals surface area (Å²) in [6.45, 7) is -0.557. The summed E-state index contributed by atoms with van der Waals surface area (Å²) in [5, 5.41) is 4.50. The summed E-state index contributed by atoms with van der Waals surface area (Å²) in [5.41, 5.74) is 2.96. The molecule has 1 aliphatic heterocycles. The highest BCUT2D eigenvalue weighted by Gasteiger charge is 2.61. The third-order valence-corrected chi connectivity index (χ3v) is 8.88. The maximum Gasteiger partial charge on any atom is 0.325 e. The van der Waals surface area contributed by atoms with Crippen molar-refractivity contribution in [3.05, 3.63) is 80.4 Å². The Morgan fingerprint density at radius 2 is 1.92 bits per heavy atom. The van der Waals surface area contributed by atoms with Crippen LogP contribution in [0.25, 0.3) is 16.9 Å². The number of rotatable bonds is 6. The first-order valence-corrected chi connectivity index (χ1v) is 13.3. The lowest BCUT2D eigenvalue weighted by atomic mass is 9.95. The number of benzene rings is 1. The van der Waals surface area contributed by atoms with Gasteiger partial charge in [-0.2, -0.15) is 5.10 Å². The van der Waals surface area contributed by atoms with E-state index in [0.29, 0.717) is 42.7 Å². The van der Waals surface area contributed by atoms with Crippen molar-refractivity contribution in [3.8, 4) is 11.3 Å². The van der Waals surface area contributed by atoms with Gasteiger partial charge < -0.3 is 9.88 Å². The van der Waals surface area contributed by atoms with E-state index in [0.717, 1.165) is 23.1 Å². The zero-order valence-electron chi connectivity index (χ0n) is 20.8.